The number of nitrogens with two attached hydrogens (primary N) is 1. The lowest BCUT2D eigenvalue weighted by Crippen LogP contribution is -2.44. The van der Waals surface area contributed by atoms with E-state index in [1.165, 1.54) is 6.42 Å². The molecule has 5 heteroatoms. The molecule has 0 aliphatic carbocycles. The molecule has 1 aromatic rings. The summed E-state index contributed by atoms with van der Waals surface area (Å²) in [6.45, 7) is 5.02. The molecule has 1 unspecified atom stereocenters. The van der Waals surface area contributed by atoms with Crippen LogP contribution in [0.4, 0.5) is 5.69 Å². The van der Waals surface area contributed by atoms with Gasteiger partial charge in [0.25, 0.3) is 5.91 Å². The molecule has 1 amide bonds. The van der Waals surface area contributed by atoms with Crippen molar-refractivity contribution in [2.75, 3.05) is 12.3 Å². The Labute approximate surface area is 121 Å². The fourth-order valence-electron chi connectivity index (χ4n) is 3.15. The molecular formula is C15H26N4O. The molecular weight excluding hydrogens is 252 g/mol. The van der Waals surface area contributed by atoms with E-state index in [-0.39, 0.29) is 5.91 Å². The fraction of sp³-hybridized carbons (Fsp3) is 0.733. The zero-order valence-electron chi connectivity index (χ0n) is 12.9. The molecule has 5 nitrogen and oxygen atoms in total. The second-order valence-corrected chi connectivity index (χ2v) is 5.62. The molecule has 0 radical (unpaired) electrons. The Morgan fingerprint density at radius 2 is 2.15 bits per heavy atom. The predicted octanol–water partition coefficient (Wildman–Crippen LogP) is 2.36. The van der Waals surface area contributed by atoms with Crippen LogP contribution < -0.4 is 5.73 Å². The number of hydrogen-bond acceptors (Lipinski definition) is 3. The summed E-state index contributed by atoms with van der Waals surface area (Å²) in [5.41, 5.74) is 8.05. The zero-order valence-corrected chi connectivity index (χ0v) is 12.9. The molecule has 1 aromatic heterocycles. The highest BCUT2D eigenvalue weighted by Crippen LogP contribution is 2.26. The van der Waals surface area contributed by atoms with E-state index in [9.17, 15) is 4.79 Å². The van der Waals surface area contributed by atoms with Gasteiger partial charge in [-0.15, -0.1) is 0 Å². The lowest BCUT2D eigenvalue weighted by Gasteiger charge is -2.35. The Bertz CT molecular complexity index is 478. The van der Waals surface area contributed by atoms with Crippen molar-refractivity contribution in [2.24, 2.45) is 7.05 Å². The molecule has 1 aliphatic rings. The maximum Gasteiger partial charge on any atom is 0.274 e. The molecule has 0 spiro atoms. The Kier molecular flexibility index (Phi) is 4.68. The first-order valence-corrected chi connectivity index (χ1v) is 7.72. The number of likely N-dealkylation sites (tertiary alicyclic amines) is 1. The van der Waals surface area contributed by atoms with Gasteiger partial charge in [-0.1, -0.05) is 20.3 Å². The van der Waals surface area contributed by atoms with E-state index in [1.54, 1.807) is 4.68 Å². The van der Waals surface area contributed by atoms with E-state index in [0.717, 1.165) is 44.3 Å². The number of carbonyl (C=O) groups is 1. The Morgan fingerprint density at radius 1 is 1.40 bits per heavy atom. The summed E-state index contributed by atoms with van der Waals surface area (Å²) in [6, 6.07) is 0.362. The van der Waals surface area contributed by atoms with Gasteiger partial charge in [0, 0.05) is 19.6 Å². The van der Waals surface area contributed by atoms with Crippen LogP contribution in [0, 0.1) is 0 Å². The lowest BCUT2D eigenvalue weighted by molar-refractivity contribution is 0.0590. The van der Waals surface area contributed by atoms with Crippen molar-refractivity contribution >= 4 is 11.6 Å². The highest BCUT2D eigenvalue weighted by Gasteiger charge is 2.30. The molecule has 0 bridgehead atoms. The summed E-state index contributed by atoms with van der Waals surface area (Å²) in [4.78, 5) is 14.9. The number of anilines is 1. The molecule has 1 fully saturated rings. The number of aromatic nitrogens is 2. The number of piperidine rings is 1. The van der Waals surface area contributed by atoms with E-state index in [1.807, 2.05) is 18.9 Å². The van der Waals surface area contributed by atoms with Crippen LogP contribution in [0.3, 0.4) is 0 Å². The molecule has 2 heterocycles. The second kappa shape index (κ2) is 6.29. The Morgan fingerprint density at radius 3 is 2.75 bits per heavy atom. The number of hydrogen-bond donors (Lipinski definition) is 1. The number of carbonyl (C=O) groups excluding carboxylic acids is 1. The largest absolute Gasteiger partial charge is 0.395 e. The molecule has 2 rings (SSSR count). The first-order valence-electron chi connectivity index (χ1n) is 7.72. The minimum absolute atomic E-state index is 0.0513. The van der Waals surface area contributed by atoms with E-state index in [4.69, 9.17) is 5.73 Å². The van der Waals surface area contributed by atoms with Gasteiger partial charge in [0.05, 0.1) is 11.4 Å². The van der Waals surface area contributed by atoms with Gasteiger partial charge < -0.3 is 10.6 Å². The van der Waals surface area contributed by atoms with Gasteiger partial charge in [0.15, 0.2) is 0 Å². The Balaban J connectivity index is 2.27. The minimum atomic E-state index is 0.0513. The number of rotatable bonds is 4. The van der Waals surface area contributed by atoms with Crippen molar-refractivity contribution in [3.63, 3.8) is 0 Å². The van der Waals surface area contributed by atoms with Gasteiger partial charge in [0.1, 0.15) is 5.69 Å². The van der Waals surface area contributed by atoms with Crippen molar-refractivity contribution in [1.82, 2.24) is 14.7 Å². The smallest absolute Gasteiger partial charge is 0.274 e. The number of aryl methyl sites for hydroxylation is 2. The number of amides is 1. The van der Waals surface area contributed by atoms with Gasteiger partial charge in [-0.25, -0.2) is 0 Å². The van der Waals surface area contributed by atoms with Gasteiger partial charge in [-0.2, -0.15) is 5.10 Å². The fourth-order valence-corrected chi connectivity index (χ4v) is 3.15. The molecule has 20 heavy (non-hydrogen) atoms. The van der Waals surface area contributed by atoms with E-state index in [2.05, 4.69) is 12.0 Å². The molecule has 1 saturated heterocycles. The summed E-state index contributed by atoms with van der Waals surface area (Å²) in [5.74, 6) is 0.0513. The van der Waals surface area contributed by atoms with Gasteiger partial charge in [-0.3, -0.25) is 9.48 Å². The third-order valence-electron chi connectivity index (χ3n) is 4.21. The van der Waals surface area contributed by atoms with Crippen LogP contribution in [0.2, 0.25) is 0 Å². The monoisotopic (exact) mass is 278 g/mol. The zero-order chi connectivity index (χ0) is 14.7. The molecule has 1 aliphatic heterocycles. The van der Waals surface area contributed by atoms with E-state index in [0.29, 0.717) is 17.4 Å². The normalized spacial score (nSPS) is 19.4. The molecule has 112 valence electrons. The average molecular weight is 278 g/mol. The van der Waals surface area contributed by atoms with Crippen molar-refractivity contribution < 1.29 is 4.79 Å². The van der Waals surface area contributed by atoms with Crippen molar-refractivity contribution in [3.8, 4) is 0 Å². The molecule has 0 aromatic carbocycles. The minimum Gasteiger partial charge on any atom is -0.395 e. The third kappa shape index (κ3) is 2.67. The van der Waals surface area contributed by atoms with E-state index >= 15 is 0 Å². The van der Waals surface area contributed by atoms with Gasteiger partial charge in [-0.05, 0) is 32.1 Å². The maximum atomic E-state index is 12.8. The quantitative estimate of drug-likeness (QED) is 0.919. The van der Waals surface area contributed by atoms with Crippen molar-refractivity contribution in [1.29, 1.82) is 0 Å². The van der Waals surface area contributed by atoms with Crippen LogP contribution in [0.25, 0.3) is 0 Å². The summed E-state index contributed by atoms with van der Waals surface area (Å²) in [7, 11) is 1.81. The van der Waals surface area contributed by atoms with Crippen LogP contribution in [0.5, 0.6) is 0 Å². The van der Waals surface area contributed by atoms with Crippen molar-refractivity contribution in [2.45, 2.75) is 58.4 Å². The number of nitrogen functional groups attached to an aromatic ring is 1. The Hall–Kier alpha value is -1.52. The molecule has 2 N–H and O–H groups in total. The van der Waals surface area contributed by atoms with Crippen LogP contribution in [-0.2, 0) is 13.5 Å². The molecule has 0 saturated carbocycles. The highest BCUT2D eigenvalue weighted by molar-refractivity contribution is 5.98. The van der Waals surface area contributed by atoms with E-state index < -0.39 is 0 Å². The average Bonchev–Trinajstić information content (AvgIpc) is 2.73. The summed E-state index contributed by atoms with van der Waals surface area (Å²) in [6.07, 6.45) is 6.35. The third-order valence-corrected chi connectivity index (χ3v) is 4.21. The summed E-state index contributed by atoms with van der Waals surface area (Å²) >= 11 is 0. The van der Waals surface area contributed by atoms with Crippen molar-refractivity contribution in [3.05, 3.63) is 11.4 Å². The highest BCUT2D eigenvalue weighted by atomic mass is 16.2. The number of nitrogens with zero attached hydrogens (tertiary/aromatic N) is 3. The maximum absolute atomic E-state index is 12.8. The van der Waals surface area contributed by atoms with Crippen LogP contribution in [0.1, 0.15) is 62.1 Å². The predicted molar refractivity (Wildman–Crippen MR) is 80.6 cm³/mol. The van der Waals surface area contributed by atoms with Crippen LogP contribution in [0.15, 0.2) is 0 Å². The molecule has 1 atom stereocenters. The topological polar surface area (TPSA) is 64.2 Å². The lowest BCUT2D eigenvalue weighted by atomic mass is 9.97. The SMILES string of the molecule is CCCC1CCCCN1C(=O)c1c(N)c(CC)nn1C. The standard InChI is InChI=1S/C15H26N4O/c1-4-8-11-9-6-7-10-19(11)15(20)14-13(16)12(5-2)17-18(14)3/h11H,4-10,16H2,1-3H3. The van der Waals surface area contributed by atoms with Crippen LogP contribution in [-0.4, -0.2) is 33.2 Å². The van der Waals surface area contributed by atoms with Crippen LogP contribution >= 0.6 is 0 Å². The first-order chi connectivity index (χ1) is 9.60. The summed E-state index contributed by atoms with van der Waals surface area (Å²) in [5, 5.41) is 4.36. The van der Waals surface area contributed by atoms with Gasteiger partial charge in [0.2, 0.25) is 0 Å². The first kappa shape index (κ1) is 14.9. The van der Waals surface area contributed by atoms with Gasteiger partial charge >= 0.3 is 0 Å². The summed E-state index contributed by atoms with van der Waals surface area (Å²) < 4.78 is 1.65. The second-order valence-electron chi connectivity index (χ2n) is 5.62.